The van der Waals surface area contributed by atoms with Gasteiger partial charge in [0.25, 0.3) is 5.56 Å². The van der Waals surface area contributed by atoms with E-state index in [0.717, 1.165) is 40.9 Å². The maximum atomic E-state index is 13.2. The molecule has 0 spiro atoms. The number of carbonyl (C=O) groups excluding carboxylic acids is 1. The molecule has 0 N–H and O–H groups in total. The average molecular weight is 382 g/mol. The first-order chi connectivity index (χ1) is 13.0. The van der Waals surface area contributed by atoms with E-state index >= 15 is 0 Å². The normalized spacial score (nSPS) is 16.3. The third kappa shape index (κ3) is 3.18. The van der Waals surface area contributed by atoms with Gasteiger partial charge >= 0.3 is 5.97 Å². The molecule has 1 atom stereocenters. The highest BCUT2D eigenvalue weighted by Crippen LogP contribution is 2.35. The number of hydrogen-bond acceptors (Lipinski definition) is 5. The van der Waals surface area contributed by atoms with Crippen molar-refractivity contribution in [3.8, 4) is 0 Å². The Morgan fingerprint density at radius 3 is 2.78 bits per heavy atom. The number of hydrogen-bond donors (Lipinski definition) is 0. The minimum atomic E-state index is -0.364. The van der Waals surface area contributed by atoms with Crippen molar-refractivity contribution < 1.29 is 9.53 Å². The third-order valence-electron chi connectivity index (χ3n) is 5.32. The van der Waals surface area contributed by atoms with E-state index in [4.69, 9.17) is 9.72 Å². The van der Waals surface area contributed by atoms with Gasteiger partial charge in [-0.25, -0.2) is 9.78 Å². The van der Waals surface area contributed by atoms with E-state index in [1.54, 1.807) is 28.0 Å². The number of carbonyl (C=O) groups is 1. The number of nitrogens with zero attached hydrogens (tertiary/aromatic N) is 2. The second-order valence-electron chi connectivity index (χ2n) is 7.27. The summed E-state index contributed by atoms with van der Waals surface area (Å²) in [6.07, 6.45) is 3.13. The molecule has 1 aliphatic rings. The second-order valence-corrected chi connectivity index (χ2v) is 8.35. The van der Waals surface area contributed by atoms with E-state index in [0.29, 0.717) is 18.0 Å². The Labute approximate surface area is 161 Å². The predicted octanol–water partition coefficient (Wildman–Crippen LogP) is 3.73. The number of fused-ring (bicyclic) bond motifs is 3. The molecule has 2 aromatic heterocycles. The van der Waals surface area contributed by atoms with Crippen LogP contribution in [0.15, 0.2) is 29.1 Å². The fraction of sp³-hybridized carbons (Fsp3) is 0.381. The lowest BCUT2D eigenvalue weighted by atomic mass is 9.89. The summed E-state index contributed by atoms with van der Waals surface area (Å²) in [5, 5.41) is 0.804. The lowest BCUT2D eigenvalue weighted by molar-refractivity contribution is 0.0600. The van der Waals surface area contributed by atoms with Crippen molar-refractivity contribution in [3.05, 3.63) is 62.0 Å². The van der Waals surface area contributed by atoms with E-state index in [-0.39, 0.29) is 11.5 Å². The van der Waals surface area contributed by atoms with Crippen LogP contribution in [0.5, 0.6) is 0 Å². The lowest BCUT2D eigenvalue weighted by Gasteiger charge is -2.17. The predicted molar refractivity (Wildman–Crippen MR) is 107 cm³/mol. The molecule has 0 bridgehead atoms. The highest BCUT2D eigenvalue weighted by atomic mass is 32.1. The topological polar surface area (TPSA) is 61.2 Å². The van der Waals surface area contributed by atoms with Crippen LogP contribution in [0.1, 0.15) is 45.5 Å². The molecule has 0 saturated heterocycles. The van der Waals surface area contributed by atoms with Gasteiger partial charge < -0.3 is 4.74 Å². The number of thiophene rings is 1. The minimum absolute atomic E-state index is 0.0431. The molecule has 140 valence electrons. The summed E-state index contributed by atoms with van der Waals surface area (Å²) in [4.78, 5) is 31.8. The summed E-state index contributed by atoms with van der Waals surface area (Å²) in [6, 6.07) is 7.16. The van der Waals surface area contributed by atoms with E-state index < -0.39 is 0 Å². The summed E-state index contributed by atoms with van der Waals surface area (Å²) in [6.45, 7) is 4.59. The quantitative estimate of drug-likeness (QED) is 0.648. The zero-order chi connectivity index (χ0) is 19.1. The Hall–Kier alpha value is -2.47. The van der Waals surface area contributed by atoms with Crippen LogP contribution >= 0.6 is 11.3 Å². The number of esters is 1. The van der Waals surface area contributed by atoms with Crippen LogP contribution < -0.4 is 5.56 Å². The molecule has 0 amide bonds. The summed E-state index contributed by atoms with van der Waals surface area (Å²) in [5.74, 6) is 1.02. The number of ether oxygens (including phenoxy) is 1. The highest BCUT2D eigenvalue weighted by Gasteiger charge is 2.24. The van der Waals surface area contributed by atoms with Gasteiger partial charge in [-0.2, -0.15) is 0 Å². The largest absolute Gasteiger partial charge is 0.465 e. The van der Waals surface area contributed by atoms with Crippen molar-refractivity contribution >= 4 is 27.5 Å². The van der Waals surface area contributed by atoms with Gasteiger partial charge in [-0.15, -0.1) is 11.3 Å². The summed E-state index contributed by atoms with van der Waals surface area (Å²) in [7, 11) is 1.36. The smallest absolute Gasteiger partial charge is 0.337 e. The summed E-state index contributed by atoms with van der Waals surface area (Å²) >= 11 is 1.68. The van der Waals surface area contributed by atoms with Gasteiger partial charge in [0.05, 0.1) is 24.6 Å². The molecule has 0 fully saturated rings. The molecular formula is C21H22N2O3S. The van der Waals surface area contributed by atoms with Crippen LogP contribution in [-0.2, 0) is 24.1 Å². The van der Waals surface area contributed by atoms with Crippen molar-refractivity contribution in [3.63, 3.8) is 0 Å². The first kappa shape index (κ1) is 17.9. The molecule has 27 heavy (non-hydrogen) atoms. The fourth-order valence-electron chi connectivity index (χ4n) is 3.76. The van der Waals surface area contributed by atoms with E-state index in [2.05, 4.69) is 6.92 Å². The molecule has 4 rings (SSSR count). The van der Waals surface area contributed by atoms with Crippen LogP contribution in [0.3, 0.4) is 0 Å². The van der Waals surface area contributed by atoms with Crippen LogP contribution in [-0.4, -0.2) is 22.6 Å². The standard InChI is InChI=1S/C21H22N2O3S/c1-12-4-9-16-17(10-12)27-19-18(16)20(24)23(13(2)22-19)11-14-5-7-15(8-6-14)21(25)26-3/h5-8,12H,4,9-11H2,1-3H3. The molecular weight excluding hydrogens is 360 g/mol. The van der Waals surface area contributed by atoms with Crippen LogP contribution in [0.4, 0.5) is 0 Å². The molecule has 2 heterocycles. The maximum absolute atomic E-state index is 13.2. The van der Waals surface area contributed by atoms with Gasteiger partial charge in [0, 0.05) is 4.88 Å². The zero-order valence-corrected chi connectivity index (χ0v) is 16.6. The third-order valence-corrected chi connectivity index (χ3v) is 6.47. The molecule has 0 aliphatic heterocycles. The van der Waals surface area contributed by atoms with Gasteiger partial charge in [0.15, 0.2) is 0 Å². The van der Waals surface area contributed by atoms with Crippen molar-refractivity contribution in [2.24, 2.45) is 5.92 Å². The Morgan fingerprint density at radius 2 is 2.07 bits per heavy atom. The van der Waals surface area contributed by atoms with E-state index in [1.807, 2.05) is 19.1 Å². The second kappa shape index (κ2) is 6.93. The van der Waals surface area contributed by atoms with Crippen molar-refractivity contribution in [2.75, 3.05) is 7.11 Å². The van der Waals surface area contributed by atoms with Crippen LogP contribution in [0, 0.1) is 12.8 Å². The lowest BCUT2D eigenvalue weighted by Crippen LogP contribution is -2.25. The van der Waals surface area contributed by atoms with Gasteiger partial charge in [-0.05, 0) is 55.4 Å². The van der Waals surface area contributed by atoms with Gasteiger partial charge in [0.1, 0.15) is 10.7 Å². The number of rotatable bonds is 3. The van der Waals surface area contributed by atoms with Crippen molar-refractivity contribution in [1.29, 1.82) is 0 Å². The molecule has 5 nitrogen and oxygen atoms in total. The monoisotopic (exact) mass is 382 g/mol. The molecule has 1 aliphatic carbocycles. The number of aryl methyl sites for hydroxylation is 2. The molecule has 1 aromatic carbocycles. The SMILES string of the molecule is COC(=O)c1ccc(Cn2c(C)nc3sc4c(c3c2=O)CCC(C)C4)cc1. The summed E-state index contributed by atoms with van der Waals surface area (Å²) in [5.41, 5.74) is 2.70. The van der Waals surface area contributed by atoms with Gasteiger partial charge in [-0.3, -0.25) is 9.36 Å². The molecule has 6 heteroatoms. The Kier molecular flexibility index (Phi) is 4.60. The van der Waals surface area contributed by atoms with Crippen LogP contribution in [0.2, 0.25) is 0 Å². The zero-order valence-electron chi connectivity index (χ0n) is 15.7. The van der Waals surface area contributed by atoms with Crippen LogP contribution in [0.25, 0.3) is 10.2 Å². The van der Waals surface area contributed by atoms with E-state index in [9.17, 15) is 9.59 Å². The number of aromatic nitrogens is 2. The first-order valence-corrected chi connectivity index (χ1v) is 9.98. The fourth-order valence-corrected chi connectivity index (χ4v) is 5.18. The maximum Gasteiger partial charge on any atom is 0.337 e. The first-order valence-electron chi connectivity index (χ1n) is 9.17. The average Bonchev–Trinajstić information content (AvgIpc) is 3.02. The minimum Gasteiger partial charge on any atom is -0.465 e. The Balaban J connectivity index is 1.74. The Morgan fingerprint density at radius 1 is 1.33 bits per heavy atom. The van der Waals surface area contributed by atoms with Crippen molar-refractivity contribution in [2.45, 2.75) is 39.7 Å². The molecule has 0 saturated carbocycles. The molecule has 1 unspecified atom stereocenters. The highest BCUT2D eigenvalue weighted by molar-refractivity contribution is 7.18. The van der Waals surface area contributed by atoms with Gasteiger partial charge in [-0.1, -0.05) is 19.1 Å². The summed E-state index contributed by atoms with van der Waals surface area (Å²) < 4.78 is 6.47. The van der Waals surface area contributed by atoms with Crippen molar-refractivity contribution in [1.82, 2.24) is 9.55 Å². The van der Waals surface area contributed by atoms with E-state index in [1.165, 1.54) is 17.6 Å². The number of benzene rings is 1. The molecule has 3 aromatic rings. The Bertz CT molecular complexity index is 1080. The number of methoxy groups -OCH3 is 1. The molecule has 0 radical (unpaired) electrons. The van der Waals surface area contributed by atoms with Gasteiger partial charge in [0.2, 0.25) is 0 Å².